The van der Waals surface area contributed by atoms with Gasteiger partial charge in [-0.05, 0) is 19.1 Å². The molecule has 4 heteroatoms. The summed E-state index contributed by atoms with van der Waals surface area (Å²) in [6.45, 7) is 4.70. The van der Waals surface area contributed by atoms with E-state index in [0.717, 1.165) is 11.3 Å². The summed E-state index contributed by atoms with van der Waals surface area (Å²) in [6.07, 6.45) is -0.808. The molecule has 4 nitrogen and oxygen atoms in total. The van der Waals surface area contributed by atoms with Crippen LogP contribution in [0, 0.1) is 5.41 Å². The van der Waals surface area contributed by atoms with Crippen molar-refractivity contribution in [3.05, 3.63) is 29.8 Å². The minimum atomic E-state index is -0.450. The molecule has 1 unspecified atom stereocenters. The van der Waals surface area contributed by atoms with Crippen LogP contribution in [-0.2, 0) is 9.47 Å². The molecule has 0 spiro atoms. The van der Waals surface area contributed by atoms with E-state index in [0.29, 0.717) is 13.2 Å². The van der Waals surface area contributed by atoms with Crippen molar-refractivity contribution in [1.29, 1.82) is 0 Å². The van der Waals surface area contributed by atoms with Crippen molar-refractivity contribution in [2.24, 2.45) is 5.41 Å². The van der Waals surface area contributed by atoms with Gasteiger partial charge >= 0.3 is 0 Å². The second-order valence-electron chi connectivity index (χ2n) is 5.06. The largest absolute Gasteiger partial charge is 0.497 e. The van der Waals surface area contributed by atoms with Crippen LogP contribution < -0.4 is 4.74 Å². The maximum absolute atomic E-state index is 9.68. The standard InChI is InChI=1S/C14H20O4/c1-10(15)14(2)8-17-13(18-9-14)11-4-6-12(16-3)7-5-11/h4-7,10,13,15H,8-9H2,1-3H3. The molecule has 0 saturated carbocycles. The van der Waals surface area contributed by atoms with Gasteiger partial charge < -0.3 is 19.3 Å². The second-order valence-corrected chi connectivity index (χ2v) is 5.06. The number of ether oxygens (including phenoxy) is 3. The van der Waals surface area contributed by atoms with Gasteiger partial charge in [0, 0.05) is 11.0 Å². The van der Waals surface area contributed by atoms with E-state index in [1.807, 2.05) is 31.2 Å². The topological polar surface area (TPSA) is 47.9 Å². The SMILES string of the molecule is COc1ccc(C2OCC(C)(C(C)O)CO2)cc1. The lowest BCUT2D eigenvalue weighted by atomic mass is 9.86. The fourth-order valence-electron chi connectivity index (χ4n) is 1.82. The van der Waals surface area contributed by atoms with Gasteiger partial charge in [-0.2, -0.15) is 0 Å². The number of benzene rings is 1. The van der Waals surface area contributed by atoms with E-state index in [2.05, 4.69) is 0 Å². The lowest BCUT2D eigenvalue weighted by Gasteiger charge is -2.39. The monoisotopic (exact) mass is 252 g/mol. The first kappa shape index (κ1) is 13.3. The number of hydrogen-bond acceptors (Lipinski definition) is 4. The normalized spacial score (nSPS) is 29.9. The van der Waals surface area contributed by atoms with Gasteiger partial charge in [0.1, 0.15) is 5.75 Å². The average Bonchev–Trinajstić information content (AvgIpc) is 2.40. The summed E-state index contributed by atoms with van der Waals surface area (Å²) in [5.41, 5.74) is 0.631. The molecule has 1 atom stereocenters. The van der Waals surface area contributed by atoms with Gasteiger partial charge in [-0.3, -0.25) is 0 Å². The quantitative estimate of drug-likeness (QED) is 0.895. The van der Waals surface area contributed by atoms with Crippen LogP contribution in [-0.4, -0.2) is 31.5 Å². The zero-order valence-electron chi connectivity index (χ0n) is 11.1. The molecule has 1 aliphatic rings. The molecule has 0 aliphatic carbocycles. The van der Waals surface area contributed by atoms with Gasteiger partial charge in [-0.1, -0.05) is 19.1 Å². The molecule has 1 saturated heterocycles. The minimum Gasteiger partial charge on any atom is -0.497 e. The van der Waals surface area contributed by atoms with E-state index in [9.17, 15) is 5.11 Å². The van der Waals surface area contributed by atoms with E-state index in [4.69, 9.17) is 14.2 Å². The lowest BCUT2D eigenvalue weighted by Crippen LogP contribution is -2.43. The molecule has 1 aliphatic heterocycles. The number of rotatable bonds is 3. The van der Waals surface area contributed by atoms with Crippen molar-refractivity contribution >= 4 is 0 Å². The fraction of sp³-hybridized carbons (Fsp3) is 0.571. The van der Waals surface area contributed by atoms with E-state index < -0.39 is 6.10 Å². The third kappa shape index (κ3) is 2.66. The number of aliphatic hydroxyl groups is 1. The van der Waals surface area contributed by atoms with Crippen molar-refractivity contribution in [3.8, 4) is 5.75 Å². The Balaban J connectivity index is 2.00. The third-order valence-corrected chi connectivity index (χ3v) is 3.53. The molecule has 1 N–H and O–H groups in total. The first-order valence-electron chi connectivity index (χ1n) is 6.10. The molecular weight excluding hydrogens is 232 g/mol. The summed E-state index contributed by atoms with van der Waals surface area (Å²) in [5, 5.41) is 9.68. The molecule has 0 amide bonds. The van der Waals surface area contributed by atoms with Crippen LogP contribution in [0.25, 0.3) is 0 Å². The van der Waals surface area contributed by atoms with Crippen molar-refractivity contribution in [2.45, 2.75) is 26.2 Å². The molecule has 1 aromatic carbocycles. The van der Waals surface area contributed by atoms with E-state index in [1.165, 1.54) is 0 Å². The Bertz CT molecular complexity index is 377. The smallest absolute Gasteiger partial charge is 0.183 e. The van der Waals surface area contributed by atoms with Crippen LogP contribution >= 0.6 is 0 Å². The Morgan fingerprint density at radius 3 is 2.28 bits per heavy atom. The maximum atomic E-state index is 9.68. The molecule has 0 radical (unpaired) electrons. The first-order valence-corrected chi connectivity index (χ1v) is 6.10. The van der Waals surface area contributed by atoms with E-state index in [-0.39, 0.29) is 11.7 Å². The highest BCUT2D eigenvalue weighted by Gasteiger charge is 2.37. The Hall–Kier alpha value is -1.10. The number of aliphatic hydroxyl groups excluding tert-OH is 1. The van der Waals surface area contributed by atoms with Crippen molar-refractivity contribution < 1.29 is 19.3 Å². The van der Waals surface area contributed by atoms with Gasteiger partial charge in [-0.15, -0.1) is 0 Å². The minimum absolute atomic E-state index is 0.330. The summed E-state index contributed by atoms with van der Waals surface area (Å²) in [4.78, 5) is 0. The van der Waals surface area contributed by atoms with Crippen molar-refractivity contribution in [2.75, 3.05) is 20.3 Å². The van der Waals surface area contributed by atoms with Crippen LogP contribution in [0.4, 0.5) is 0 Å². The highest BCUT2D eigenvalue weighted by molar-refractivity contribution is 5.27. The van der Waals surface area contributed by atoms with Gasteiger partial charge in [0.2, 0.25) is 0 Å². The summed E-state index contributed by atoms with van der Waals surface area (Å²) < 4.78 is 16.5. The number of hydrogen-bond donors (Lipinski definition) is 1. The summed E-state index contributed by atoms with van der Waals surface area (Å²) in [5.74, 6) is 0.809. The van der Waals surface area contributed by atoms with Crippen LogP contribution in [0.1, 0.15) is 25.7 Å². The van der Waals surface area contributed by atoms with Gasteiger partial charge in [0.25, 0.3) is 0 Å². The molecule has 1 heterocycles. The van der Waals surface area contributed by atoms with E-state index >= 15 is 0 Å². The zero-order valence-corrected chi connectivity index (χ0v) is 11.1. The highest BCUT2D eigenvalue weighted by Crippen LogP contribution is 2.34. The Morgan fingerprint density at radius 2 is 1.83 bits per heavy atom. The highest BCUT2D eigenvalue weighted by atomic mass is 16.7. The Morgan fingerprint density at radius 1 is 1.28 bits per heavy atom. The molecule has 0 aromatic heterocycles. The van der Waals surface area contributed by atoms with Crippen LogP contribution in [0.2, 0.25) is 0 Å². The average molecular weight is 252 g/mol. The summed E-state index contributed by atoms with van der Waals surface area (Å²) in [7, 11) is 1.64. The van der Waals surface area contributed by atoms with Crippen molar-refractivity contribution in [3.63, 3.8) is 0 Å². The predicted octanol–water partition coefficient (Wildman–Crippen LogP) is 2.13. The molecular formula is C14H20O4. The van der Waals surface area contributed by atoms with E-state index in [1.54, 1.807) is 14.0 Å². The molecule has 100 valence electrons. The zero-order chi connectivity index (χ0) is 13.2. The van der Waals surface area contributed by atoms with Gasteiger partial charge in [0.05, 0.1) is 26.4 Å². The van der Waals surface area contributed by atoms with Gasteiger partial charge in [0.15, 0.2) is 6.29 Å². The first-order chi connectivity index (χ1) is 8.55. The maximum Gasteiger partial charge on any atom is 0.183 e. The molecule has 18 heavy (non-hydrogen) atoms. The Kier molecular flexibility index (Phi) is 3.90. The summed E-state index contributed by atoms with van der Waals surface area (Å²) >= 11 is 0. The third-order valence-electron chi connectivity index (χ3n) is 3.53. The Labute approximate surface area is 107 Å². The molecule has 0 bridgehead atoms. The number of methoxy groups -OCH3 is 1. The lowest BCUT2D eigenvalue weighted by molar-refractivity contribution is -0.247. The predicted molar refractivity (Wildman–Crippen MR) is 67.4 cm³/mol. The molecule has 1 fully saturated rings. The molecule has 1 aromatic rings. The summed E-state index contributed by atoms with van der Waals surface area (Å²) in [6, 6.07) is 7.61. The second kappa shape index (κ2) is 5.26. The molecule has 2 rings (SSSR count). The van der Waals surface area contributed by atoms with Gasteiger partial charge in [-0.25, -0.2) is 0 Å². The fourth-order valence-corrected chi connectivity index (χ4v) is 1.82. The van der Waals surface area contributed by atoms with Crippen molar-refractivity contribution in [1.82, 2.24) is 0 Å². The van der Waals surface area contributed by atoms with Crippen LogP contribution in [0.5, 0.6) is 5.75 Å². The van der Waals surface area contributed by atoms with Crippen LogP contribution in [0.15, 0.2) is 24.3 Å². The van der Waals surface area contributed by atoms with Crippen LogP contribution in [0.3, 0.4) is 0 Å².